The Labute approximate surface area is 427 Å². The Morgan fingerprint density at radius 2 is 0.694 bits per heavy atom. The summed E-state index contributed by atoms with van der Waals surface area (Å²) in [6, 6.07) is 59.2. The molecule has 0 spiro atoms. The van der Waals surface area contributed by atoms with Crippen LogP contribution in [-0.2, 0) is 96.5 Å². The van der Waals surface area contributed by atoms with Crippen molar-refractivity contribution in [2.75, 3.05) is 25.7 Å². The minimum atomic E-state index is -1.13. The maximum atomic E-state index is 12.7. The number of carbonyl (C=O) groups is 1. The average molecular weight is 1000 g/mol. The van der Waals surface area contributed by atoms with Crippen LogP contribution in [0.15, 0.2) is 195 Å². The molecular formula is C59H63ClO12. The number of rotatable bonds is 27. The lowest BCUT2D eigenvalue weighted by Gasteiger charge is -2.48. The third-order valence-electron chi connectivity index (χ3n) is 12.2. The minimum Gasteiger partial charge on any atom is -0.462 e. The lowest BCUT2D eigenvalue weighted by atomic mass is 9.96. The molecule has 6 aromatic rings. The van der Waals surface area contributed by atoms with E-state index in [1.807, 2.05) is 182 Å². The van der Waals surface area contributed by atoms with Gasteiger partial charge in [0.1, 0.15) is 61.3 Å². The summed E-state index contributed by atoms with van der Waals surface area (Å²) in [6.45, 7) is 5.11. The Bertz CT molecular complexity index is 2440. The predicted molar refractivity (Wildman–Crippen MR) is 271 cm³/mol. The van der Waals surface area contributed by atoms with Gasteiger partial charge in [0, 0.05) is 0 Å². The Balaban J connectivity index is 1.15. The van der Waals surface area contributed by atoms with E-state index in [4.69, 9.17) is 63.7 Å². The van der Waals surface area contributed by atoms with E-state index in [9.17, 15) is 4.79 Å². The molecule has 72 heavy (non-hydrogen) atoms. The molecule has 13 heteroatoms. The van der Waals surface area contributed by atoms with Crippen LogP contribution in [0, 0.1) is 0 Å². The molecule has 2 aliphatic rings. The zero-order valence-electron chi connectivity index (χ0n) is 40.2. The SMILES string of the molecule is C=CCO[C@H]1O[C@H](CO[C@H]2O[C@H](COC(=O)CCl)[C@@H](OCc3ccccc3)[C@H](OCc3ccccc3)[C@@H]2OCc2ccccc2)[C@@H](OCc2ccccc2)[C@H](OCc2ccccc2)[C@@H]1OCc1ccccc1. The summed E-state index contributed by atoms with van der Waals surface area (Å²) >= 11 is 5.96. The zero-order valence-corrected chi connectivity index (χ0v) is 41.0. The molecule has 10 atom stereocenters. The van der Waals surface area contributed by atoms with Crippen LogP contribution in [-0.4, -0.2) is 93.1 Å². The molecule has 0 aromatic heterocycles. The van der Waals surface area contributed by atoms with Crippen LogP contribution in [0.4, 0.5) is 0 Å². The molecule has 378 valence electrons. The highest BCUT2D eigenvalue weighted by atomic mass is 35.5. The molecule has 12 nitrogen and oxygen atoms in total. The standard InChI is InChI=1S/C59H63ClO12/c1-2-33-62-58-56(68-39-47-29-17-7-18-30-47)54(66-37-45-25-13-5-14-26-45)53(65-36-44-23-11-4-12-24-44)50(71-58)42-70-59-57(69-40-48-31-19-8-20-32-48)55(67-38-46-27-15-6-16-28-46)52(49(72-59)41-63-51(61)34-60)64-35-43-21-9-3-10-22-43/h2-32,49-50,52-59H,1,33-42H2/t49-,50-,52-,53-,54+,55+,56+,57+,58+,59+/m1/s1. The molecule has 8 rings (SSSR count). The highest BCUT2D eigenvalue weighted by Gasteiger charge is 2.52. The number of carbonyl (C=O) groups excluding carboxylic acids is 1. The normalized spacial score (nSPS) is 24.1. The van der Waals surface area contributed by atoms with Gasteiger partial charge in [-0.05, 0) is 33.4 Å². The molecule has 0 aliphatic carbocycles. The molecule has 2 fully saturated rings. The summed E-state index contributed by atoms with van der Waals surface area (Å²) in [4.78, 5) is 12.7. The lowest BCUT2D eigenvalue weighted by molar-refractivity contribution is -0.351. The number of esters is 1. The van der Waals surface area contributed by atoms with Gasteiger partial charge in [-0.2, -0.15) is 0 Å². The lowest BCUT2D eigenvalue weighted by Crippen LogP contribution is -2.64. The monoisotopic (exact) mass is 998 g/mol. The van der Waals surface area contributed by atoms with Gasteiger partial charge in [-0.3, -0.25) is 4.79 Å². The summed E-state index contributed by atoms with van der Waals surface area (Å²) in [5, 5.41) is 0. The Morgan fingerprint density at radius 1 is 0.403 bits per heavy atom. The number of hydrogen-bond acceptors (Lipinski definition) is 12. The van der Waals surface area contributed by atoms with Gasteiger partial charge in [0.2, 0.25) is 0 Å². The fourth-order valence-electron chi connectivity index (χ4n) is 8.59. The Kier molecular flexibility index (Phi) is 21.0. The van der Waals surface area contributed by atoms with Crippen LogP contribution >= 0.6 is 11.6 Å². The highest BCUT2D eigenvalue weighted by molar-refractivity contribution is 6.26. The number of halogens is 1. The third kappa shape index (κ3) is 15.7. The van der Waals surface area contributed by atoms with Crippen molar-refractivity contribution in [1.29, 1.82) is 0 Å². The van der Waals surface area contributed by atoms with E-state index in [1.165, 1.54) is 0 Å². The Morgan fingerprint density at radius 3 is 1.01 bits per heavy atom. The summed E-state index contributed by atoms with van der Waals surface area (Å²) in [5.41, 5.74) is 5.65. The second kappa shape index (κ2) is 28.6. The first-order valence-electron chi connectivity index (χ1n) is 24.3. The minimum absolute atomic E-state index is 0.102. The van der Waals surface area contributed by atoms with E-state index in [0.717, 1.165) is 33.4 Å². The van der Waals surface area contributed by atoms with Gasteiger partial charge in [-0.25, -0.2) is 0 Å². The van der Waals surface area contributed by atoms with Gasteiger partial charge in [0.15, 0.2) is 12.6 Å². The number of benzene rings is 6. The number of hydrogen-bond donors (Lipinski definition) is 0. The van der Waals surface area contributed by atoms with Crippen molar-refractivity contribution in [2.45, 2.75) is 101 Å². The topological polar surface area (TPSA) is 119 Å². The molecule has 0 amide bonds. The second-order valence-electron chi connectivity index (χ2n) is 17.4. The molecule has 0 unspecified atom stereocenters. The maximum absolute atomic E-state index is 12.7. The Hall–Kier alpha value is -5.58. The molecule has 0 saturated carbocycles. The fourth-order valence-corrected chi connectivity index (χ4v) is 8.67. The van der Waals surface area contributed by atoms with Crippen LogP contribution in [0.1, 0.15) is 33.4 Å². The summed E-state index contributed by atoms with van der Waals surface area (Å²) in [7, 11) is 0. The molecule has 6 aromatic carbocycles. The molecular weight excluding hydrogens is 936 g/mol. The van der Waals surface area contributed by atoms with Gasteiger partial charge in [-0.15, -0.1) is 18.2 Å². The van der Waals surface area contributed by atoms with Crippen molar-refractivity contribution in [2.24, 2.45) is 0 Å². The van der Waals surface area contributed by atoms with Crippen molar-refractivity contribution in [3.05, 3.63) is 228 Å². The first kappa shape index (κ1) is 52.7. The van der Waals surface area contributed by atoms with Crippen molar-refractivity contribution in [1.82, 2.24) is 0 Å². The van der Waals surface area contributed by atoms with Crippen molar-refractivity contribution in [3.8, 4) is 0 Å². The second-order valence-corrected chi connectivity index (χ2v) is 17.7. The van der Waals surface area contributed by atoms with E-state index in [1.54, 1.807) is 6.08 Å². The van der Waals surface area contributed by atoms with E-state index in [0.29, 0.717) is 0 Å². The summed E-state index contributed by atoms with van der Waals surface area (Å²) in [6.07, 6.45) is -6.98. The maximum Gasteiger partial charge on any atom is 0.320 e. The smallest absolute Gasteiger partial charge is 0.320 e. The summed E-state index contributed by atoms with van der Waals surface area (Å²) in [5.74, 6) is -0.963. The first-order valence-corrected chi connectivity index (χ1v) is 24.9. The number of ether oxygens (including phenoxy) is 11. The zero-order chi connectivity index (χ0) is 49.6. The van der Waals surface area contributed by atoms with Crippen LogP contribution in [0.25, 0.3) is 0 Å². The van der Waals surface area contributed by atoms with E-state index < -0.39 is 67.4 Å². The van der Waals surface area contributed by atoms with Crippen molar-refractivity contribution in [3.63, 3.8) is 0 Å². The van der Waals surface area contributed by atoms with Gasteiger partial charge in [0.05, 0.1) is 52.9 Å². The molecule has 2 saturated heterocycles. The van der Waals surface area contributed by atoms with Gasteiger partial charge in [0.25, 0.3) is 0 Å². The van der Waals surface area contributed by atoms with E-state index in [-0.39, 0.29) is 65.3 Å². The van der Waals surface area contributed by atoms with Crippen LogP contribution in [0.3, 0.4) is 0 Å². The van der Waals surface area contributed by atoms with Crippen LogP contribution < -0.4 is 0 Å². The molecule has 2 aliphatic heterocycles. The van der Waals surface area contributed by atoms with Crippen molar-refractivity contribution < 1.29 is 56.9 Å². The van der Waals surface area contributed by atoms with Crippen LogP contribution in [0.5, 0.6) is 0 Å². The molecule has 0 bridgehead atoms. The van der Waals surface area contributed by atoms with Gasteiger partial charge < -0.3 is 52.1 Å². The number of alkyl halides is 1. The first-order chi connectivity index (χ1) is 35.5. The van der Waals surface area contributed by atoms with E-state index in [2.05, 4.69) is 6.58 Å². The highest BCUT2D eigenvalue weighted by Crippen LogP contribution is 2.35. The van der Waals surface area contributed by atoms with Crippen LogP contribution in [0.2, 0.25) is 0 Å². The summed E-state index contributed by atoms with van der Waals surface area (Å²) < 4.78 is 74.0. The third-order valence-corrected chi connectivity index (χ3v) is 12.4. The predicted octanol–water partition coefficient (Wildman–Crippen LogP) is 9.95. The molecule has 0 N–H and O–H groups in total. The molecule has 0 radical (unpaired) electrons. The molecule has 2 heterocycles. The fraction of sp³-hybridized carbons (Fsp3) is 0.339. The van der Waals surface area contributed by atoms with Crippen molar-refractivity contribution >= 4 is 17.6 Å². The van der Waals surface area contributed by atoms with Gasteiger partial charge in [-0.1, -0.05) is 188 Å². The quantitative estimate of drug-likeness (QED) is 0.0278. The largest absolute Gasteiger partial charge is 0.462 e. The average Bonchev–Trinajstić information content (AvgIpc) is 3.44. The van der Waals surface area contributed by atoms with E-state index >= 15 is 0 Å². The van der Waals surface area contributed by atoms with Gasteiger partial charge >= 0.3 is 5.97 Å².